The zero-order valence-electron chi connectivity index (χ0n) is 12.3. The summed E-state index contributed by atoms with van der Waals surface area (Å²) < 4.78 is 0. The van der Waals surface area contributed by atoms with E-state index in [4.69, 9.17) is 0 Å². The van der Waals surface area contributed by atoms with Crippen LogP contribution in [-0.2, 0) is 4.79 Å². The van der Waals surface area contributed by atoms with Gasteiger partial charge in [0, 0.05) is 12.1 Å². The fourth-order valence-electron chi connectivity index (χ4n) is 2.87. The Balaban J connectivity index is 2.37. The Bertz CT molecular complexity index is 553. The van der Waals surface area contributed by atoms with Crippen LogP contribution in [0.4, 0.5) is 0 Å². The summed E-state index contributed by atoms with van der Waals surface area (Å²) >= 11 is 0. The molecule has 108 valence electrons. The minimum Gasteiger partial charge on any atom is -0.480 e. The average molecular weight is 275 g/mol. The van der Waals surface area contributed by atoms with E-state index < -0.39 is 11.5 Å². The molecule has 0 aromatic heterocycles. The third-order valence-electron chi connectivity index (χ3n) is 4.21. The monoisotopic (exact) mass is 275 g/mol. The van der Waals surface area contributed by atoms with E-state index in [0.29, 0.717) is 18.5 Å². The molecular weight excluding hydrogens is 254 g/mol. The number of benzene rings is 1. The number of carbonyl (C=O) groups excluding carboxylic acids is 1. The number of aryl methyl sites for hydroxylation is 2. The average Bonchev–Trinajstić information content (AvgIpc) is 2.38. The van der Waals surface area contributed by atoms with Crippen molar-refractivity contribution in [3.05, 3.63) is 34.9 Å². The van der Waals surface area contributed by atoms with Crippen molar-refractivity contribution < 1.29 is 14.7 Å². The second-order valence-corrected chi connectivity index (χ2v) is 5.81. The first-order valence-electron chi connectivity index (χ1n) is 6.99. The smallest absolute Gasteiger partial charge is 0.329 e. The van der Waals surface area contributed by atoms with Crippen LogP contribution in [0.25, 0.3) is 0 Å². The van der Waals surface area contributed by atoms with Crippen molar-refractivity contribution >= 4 is 11.9 Å². The van der Waals surface area contributed by atoms with Gasteiger partial charge < -0.3 is 10.0 Å². The molecule has 1 amide bonds. The summed E-state index contributed by atoms with van der Waals surface area (Å²) in [6.45, 7) is 6.02. The Hall–Kier alpha value is -1.84. The number of carbonyl (C=O) groups is 2. The van der Waals surface area contributed by atoms with Gasteiger partial charge in [-0.3, -0.25) is 4.79 Å². The predicted octanol–water partition coefficient (Wildman–Crippen LogP) is 2.77. The second kappa shape index (κ2) is 5.27. The highest BCUT2D eigenvalue weighted by Crippen LogP contribution is 2.30. The van der Waals surface area contributed by atoms with Crippen LogP contribution in [0.1, 0.15) is 47.7 Å². The van der Waals surface area contributed by atoms with Crippen LogP contribution in [0.3, 0.4) is 0 Å². The molecule has 0 aliphatic carbocycles. The number of hydrogen-bond acceptors (Lipinski definition) is 2. The predicted molar refractivity (Wildman–Crippen MR) is 76.8 cm³/mol. The van der Waals surface area contributed by atoms with Gasteiger partial charge in [0.2, 0.25) is 0 Å². The summed E-state index contributed by atoms with van der Waals surface area (Å²) in [5.41, 5.74) is 1.50. The van der Waals surface area contributed by atoms with Gasteiger partial charge in [0.15, 0.2) is 0 Å². The first-order chi connectivity index (χ1) is 9.36. The van der Waals surface area contributed by atoms with Gasteiger partial charge in [-0.25, -0.2) is 4.79 Å². The quantitative estimate of drug-likeness (QED) is 0.903. The lowest BCUT2D eigenvalue weighted by atomic mass is 9.87. The molecule has 1 unspecified atom stereocenters. The third-order valence-corrected chi connectivity index (χ3v) is 4.21. The molecule has 1 saturated heterocycles. The van der Waals surface area contributed by atoms with Gasteiger partial charge in [0.05, 0.1) is 0 Å². The van der Waals surface area contributed by atoms with Crippen LogP contribution in [-0.4, -0.2) is 34.0 Å². The topological polar surface area (TPSA) is 57.6 Å². The summed E-state index contributed by atoms with van der Waals surface area (Å²) in [5, 5.41) is 9.48. The largest absolute Gasteiger partial charge is 0.480 e. The minimum atomic E-state index is -1.09. The lowest BCUT2D eigenvalue weighted by Crippen LogP contribution is -2.57. The normalized spacial score (nSPS) is 22.6. The van der Waals surface area contributed by atoms with Gasteiger partial charge >= 0.3 is 5.97 Å². The Labute approximate surface area is 119 Å². The summed E-state index contributed by atoms with van der Waals surface area (Å²) in [6.07, 6.45) is 2.22. The maximum absolute atomic E-state index is 12.7. The van der Waals surface area contributed by atoms with Crippen LogP contribution in [0.2, 0.25) is 0 Å². The van der Waals surface area contributed by atoms with Gasteiger partial charge in [-0.1, -0.05) is 17.7 Å². The van der Waals surface area contributed by atoms with Crippen molar-refractivity contribution in [2.45, 2.75) is 45.6 Å². The number of carboxylic acid groups (broad SMARTS) is 1. The van der Waals surface area contributed by atoms with E-state index in [1.54, 1.807) is 13.0 Å². The van der Waals surface area contributed by atoms with Gasteiger partial charge in [0.25, 0.3) is 5.91 Å². The first kappa shape index (κ1) is 14.6. The molecule has 0 spiro atoms. The van der Waals surface area contributed by atoms with Crippen molar-refractivity contribution in [3.8, 4) is 0 Å². The lowest BCUT2D eigenvalue weighted by molar-refractivity contribution is -0.150. The van der Waals surface area contributed by atoms with Crippen LogP contribution >= 0.6 is 0 Å². The van der Waals surface area contributed by atoms with Gasteiger partial charge in [-0.15, -0.1) is 0 Å². The number of likely N-dealkylation sites (tertiary alicyclic amines) is 1. The van der Waals surface area contributed by atoms with Crippen molar-refractivity contribution in [2.75, 3.05) is 6.54 Å². The molecular formula is C16H21NO3. The van der Waals surface area contributed by atoms with E-state index >= 15 is 0 Å². The fourth-order valence-corrected chi connectivity index (χ4v) is 2.87. The fraction of sp³-hybridized carbons (Fsp3) is 0.500. The van der Waals surface area contributed by atoms with Crippen molar-refractivity contribution in [2.24, 2.45) is 0 Å². The Morgan fingerprint density at radius 3 is 2.55 bits per heavy atom. The van der Waals surface area contributed by atoms with Crippen molar-refractivity contribution in [1.29, 1.82) is 0 Å². The number of hydrogen-bond donors (Lipinski definition) is 1. The molecule has 1 aromatic rings. The van der Waals surface area contributed by atoms with Crippen LogP contribution < -0.4 is 0 Å². The van der Waals surface area contributed by atoms with Crippen molar-refractivity contribution in [3.63, 3.8) is 0 Å². The van der Waals surface area contributed by atoms with Gasteiger partial charge in [-0.05, 0) is 51.7 Å². The number of aliphatic carboxylic acids is 1. The van der Waals surface area contributed by atoms with Gasteiger partial charge in [0.1, 0.15) is 5.54 Å². The summed E-state index contributed by atoms with van der Waals surface area (Å²) in [5.74, 6) is -1.09. The molecule has 4 nitrogen and oxygen atoms in total. The number of amides is 1. The SMILES string of the molecule is Cc1ccc(C(=O)N2CCCCC2(C)C(=O)O)c(C)c1. The van der Waals surface area contributed by atoms with E-state index in [0.717, 1.165) is 24.0 Å². The highest BCUT2D eigenvalue weighted by Gasteiger charge is 2.44. The highest BCUT2D eigenvalue weighted by molar-refractivity contribution is 5.99. The highest BCUT2D eigenvalue weighted by atomic mass is 16.4. The van der Waals surface area contributed by atoms with Crippen LogP contribution in [0.15, 0.2) is 18.2 Å². The Morgan fingerprint density at radius 1 is 1.25 bits per heavy atom. The lowest BCUT2D eigenvalue weighted by Gasteiger charge is -2.41. The van der Waals surface area contributed by atoms with E-state index in [9.17, 15) is 14.7 Å². The Morgan fingerprint density at radius 2 is 1.95 bits per heavy atom. The molecule has 1 fully saturated rings. The molecule has 1 N–H and O–H groups in total. The van der Waals surface area contributed by atoms with E-state index in [-0.39, 0.29) is 5.91 Å². The minimum absolute atomic E-state index is 0.174. The summed E-state index contributed by atoms with van der Waals surface area (Å²) in [6, 6.07) is 5.64. The zero-order valence-corrected chi connectivity index (χ0v) is 12.3. The first-order valence-corrected chi connectivity index (χ1v) is 6.99. The van der Waals surface area contributed by atoms with E-state index in [2.05, 4.69) is 0 Å². The third kappa shape index (κ3) is 2.42. The van der Waals surface area contributed by atoms with Crippen LogP contribution in [0, 0.1) is 13.8 Å². The van der Waals surface area contributed by atoms with Gasteiger partial charge in [-0.2, -0.15) is 0 Å². The molecule has 20 heavy (non-hydrogen) atoms. The molecule has 1 heterocycles. The molecule has 0 bridgehead atoms. The molecule has 1 atom stereocenters. The molecule has 0 radical (unpaired) electrons. The number of piperidine rings is 1. The maximum Gasteiger partial charge on any atom is 0.329 e. The van der Waals surface area contributed by atoms with Crippen molar-refractivity contribution in [1.82, 2.24) is 4.90 Å². The zero-order chi connectivity index (χ0) is 14.9. The molecule has 1 aliphatic heterocycles. The molecule has 1 aromatic carbocycles. The van der Waals surface area contributed by atoms with E-state index in [1.807, 2.05) is 26.0 Å². The number of carboxylic acids is 1. The maximum atomic E-state index is 12.7. The summed E-state index contributed by atoms with van der Waals surface area (Å²) in [4.78, 5) is 25.8. The molecule has 2 rings (SSSR count). The number of nitrogens with zero attached hydrogens (tertiary/aromatic N) is 1. The molecule has 0 saturated carbocycles. The second-order valence-electron chi connectivity index (χ2n) is 5.81. The standard InChI is InChI=1S/C16H21NO3/c1-11-6-7-13(12(2)10-11)14(18)17-9-5-4-8-16(17,3)15(19)20/h6-7,10H,4-5,8-9H2,1-3H3,(H,19,20). The Kier molecular flexibility index (Phi) is 3.84. The van der Waals surface area contributed by atoms with E-state index in [1.165, 1.54) is 4.90 Å². The van der Waals surface area contributed by atoms with Crippen LogP contribution in [0.5, 0.6) is 0 Å². The summed E-state index contributed by atoms with van der Waals surface area (Å²) in [7, 11) is 0. The molecule has 1 aliphatic rings. The number of rotatable bonds is 2. The molecule has 4 heteroatoms.